The van der Waals surface area contributed by atoms with E-state index in [1.54, 1.807) is 12.4 Å². The van der Waals surface area contributed by atoms with Crippen molar-refractivity contribution in [3.05, 3.63) is 59.7 Å². The first kappa shape index (κ1) is 17.8. The Hall–Kier alpha value is -3.23. The van der Waals surface area contributed by atoms with Crippen LogP contribution in [0.5, 0.6) is 0 Å². The Morgan fingerprint density at radius 1 is 1.10 bits per heavy atom. The maximum Gasteiger partial charge on any atom is 0.265 e. The van der Waals surface area contributed by atoms with Crippen LogP contribution in [0, 0.1) is 0 Å². The van der Waals surface area contributed by atoms with E-state index in [-0.39, 0.29) is 5.91 Å². The summed E-state index contributed by atoms with van der Waals surface area (Å²) in [6.07, 6.45) is 3.48. The summed E-state index contributed by atoms with van der Waals surface area (Å²) < 4.78 is 0. The molecule has 3 N–H and O–H groups in total. The number of aromatic amines is 1. The van der Waals surface area contributed by atoms with Crippen molar-refractivity contribution in [1.82, 2.24) is 20.5 Å². The van der Waals surface area contributed by atoms with E-state index in [0.29, 0.717) is 4.88 Å². The Bertz CT molecular complexity index is 1160. The number of carbonyl (C=O) groups excluding carboxylic acids is 1. The van der Waals surface area contributed by atoms with Gasteiger partial charge in [-0.2, -0.15) is 5.10 Å². The molecule has 1 aliphatic rings. The molecule has 0 atom stereocenters. The number of fused-ring (bicyclic) bond motifs is 1. The lowest BCUT2D eigenvalue weighted by Crippen LogP contribution is -2.43. The molecule has 0 unspecified atom stereocenters. The van der Waals surface area contributed by atoms with Gasteiger partial charge in [-0.1, -0.05) is 18.2 Å². The zero-order valence-corrected chi connectivity index (χ0v) is 16.5. The monoisotopic (exact) mass is 404 g/mol. The average molecular weight is 404 g/mol. The Balaban J connectivity index is 1.39. The molecule has 0 saturated carbocycles. The van der Waals surface area contributed by atoms with Crippen LogP contribution in [0.4, 0.5) is 11.4 Å². The number of H-pyrrole nitrogens is 1. The van der Waals surface area contributed by atoms with Crippen LogP contribution in [0.2, 0.25) is 0 Å². The summed E-state index contributed by atoms with van der Waals surface area (Å²) in [5.74, 6) is -0.134. The van der Waals surface area contributed by atoms with Crippen LogP contribution >= 0.6 is 11.3 Å². The van der Waals surface area contributed by atoms with Gasteiger partial charge >= 0.3 is 0 Å². The molecule has 4 aromatic rings. The predicted molar refractivity (Wildman–Crippen MR) is 117 cm³/mol. The van der Waals surface area contributed by atoms with E-state index in [1.807, 2.05) is 42.5 Å². The van der Waals surface area contributed by atoms with Crippen molar-refractivity contribution in [2.24, 2.45) is 0 Å². The van der Waals surface area contributed by atoms with Gasteiger partial charge in [0.25, 0.3) is 5.91 Å². The summed E-state index contributed by atoms with van der Waals surface area (Å²) in [6, 6.07) is 13.7. The van der Waals surface area contributed by atoms with Gasteiger partial charge in [-0.3, -0.25) is 14.9 Å². The van der Waals surface area contributed by atoms with Gasteiger partial charge < -0.3 is 15.5 Å². The normalized spacial score (nSPS) is 14.3. The van der Waals surface area contributed by atoms with Gasteiger partial charge in [-0.05, 0) is 24.3 Å². The third-order valence-corrected chi connectivity index (χ3v) is 6.13. The van der Waals surface area contributed by atoms with E-state index in [9.17, 15) is 4.79 Å². The van der Waals surface area contributed by atoms with Gasteiger partial charge in [0, 0.05) is 37.8 Å². The number of aromatic nitrogens is 3. The minimum Gasteiger partial charge on any atom is -0.367 e. The summed E-state index contributed by atoms with van der Waals surface area (Å²) in [7, 11) is 0. The molecule has 146 valence electrons. The van der Waals surface area contributed by atoms with Crippen molar-refractivity contribution >= 4 is 39.5 Å². The van der Waals surface area contributed by atoms with E-state index in [1.165, 1.54) is 11.3 Å². The van der Waals surface area contributed by atoms with Crippen molar-refractivity contribution in [2.75, 3.05) is 36.4 Å². The number of anilines is 2. The van der Waals surface area contributed by atoms with Crippen molar-refractivity contribution < 1.29 is 4.79 Å². The molecular weight excluding hydrogens is 384 g/mol. The molecule has 3 aromatic heterocycles. The molecule has 4 heterocycles. The highest BCUT2D eigenvalue weighted by Crippen LogP contribution is 2.33. The van der Waals surface area contributed by atoms with Gasteiger partial charge in [-0.25, -0.2) is 0 Å². The molecule has 1 amide bonds. The fourth-order valence-corrected chi connectivity index (χ4v) is 4.49. The third kappa shape index (κ3) is 3.48. The first-order valence-electron chi connectivity index (χ1n) is 9.54. The summed E-state index contributed by atoms with van der Waals surface area (Å²) >= 11 is 1.44. The summed E-state index contributed by atoms with van der Waals surface area (Å²) in [6.45, 7) is 3.67. The number of nitrogens with zero attached hydrogens (tertiary/aromatic N) is 3. The number of piperazine rings is 1. The Kier molecular flexibility index (Phi) is 4.71. The molecule has 0 aliphatic carbocycles. The van der Waals surface area contributed by atoms with Gasteiger partial charge in [-0.15, -0.1) is 11.3 Å². The van der Waals surface area contributed by atoms with Crippen molar-refractivity contribution in [3.63, 3.8) is 0 Å². The second kappa shape index (κ2) is 7.65. The first-order chi connectivity index (χ1) is 14.3. The highest BCUT2D eigenvalue weighted by molar-refractivity contribution is 7.17. The molecule has 0 spiro atoms. The zero-order chi connectivity index (χ0) is 19.6. The number of hydrogen-bond donors (Lipinski definition) is 3. The zero-order valence-electron chi connectivity index (χ0n) is 15.7. The van der Waals surface area contributed by atoms with Crippen molar-refractivity contribution in [3.8, 4) is 10.6 Å². The van der Waals surface area contributed by atoms with E-state index >= 15 is 0 Å². The molecule has 5 rings (SSSR count). The minimum atomic E-state index is -0.134. The molecule has 0 bridgehead atoms. The van der Waals surface area contributed by atoms with Gasteiger partial charge in [0.05, 0.1) is 32.8 Å². The van der Waals surface area contributed by atoms with Crippen LogP contribution in [0.25, 0.3) is 21.5 Å². The number of pyridine rings is 1. The summed E-state index contributed by atoms with van der Waals surface area (Å²) in [5.41, 5.74) is 3.59. The van der Waals surface area contributed by atoms with E-state index in [4.69, 9.17) is 0 Å². The Morgan fingerprint density at radius 3 is 2.86 bits per heavy atom. The molecule has 29 heavy (non-hydrogen) atoms. The lowest BCUT2D eigenvalue weighted by molar-refractivity contribution is 0.103. The fourth-order valence-electron chi connectivity index (χ4n) is 3.59. The number of amides is 1. The third-order valence-electron chi connectivity index (χ3n) is 5.04. The lowest BCUT2D eigenvalue weighted by Gasteiger charge is -2.30. The number of hydrogen-bond acceptors (Lipinski definition) is 6. The maximum absolute atomic E-state index is 12.9. The van der Waals surface area contributed by atoms with Crippen LogP contribution in [-0.4, -0.2) is 47.3 Å². The SMILES string of the molecule is O=C(Nc1cnccc1N1CCNCC1)c1ccc(-c2n[nH]c3ccccc23)s1. The van der Waals surface area contributed by atoms with Gasteiger partial charge in [0.2, 0.25) is 0 Å². The van der Waals surface area contributed by atoms with Crippen molar-refractivity contribution in [2.45, 2.75) is 0 Å². The molecule has 1 aromatic carbocycles. The smallest absolute Gasteiger partial charge is 0.265 e. The van der Waals surface area contributed by atoms with Crippen molar-refractivity contribution in [1.29, 1.82) is 0 Å². The largest absolute Gasteiger partial charge is 0.367 e. The molecule has 7 nitrogen and oxygen atoms in total. The highest BCUT2D eigenvalue weighted by atomic mass is 32.1. The number of thiophene rings is 1. The fraction of sp³-hybridized carbons (Fsp3) is 0.190. The van der Waals surface area contributed by atoms with Gasteiger partial charge in [0.1, 0.15) is 5.69 Å². The summed E-state index contributed by atoms with van der Waals surface area (Å²) in [4.78, 5) is 21.0. The molecule has 0 radical (unpaired) electrons. The second-order valence-electron chi connectivity index (χ2n) is 6.87. The predicted octanol–water partition coefficient (Wildman–Crippen LogP) is 3.35. The molecular formula is C21H20N6OS. The highest BCUT2D eigenvalue weighted by Gasteiger charge is 2.18. The molecule has 1 saturated heterocycles. The van der Waals surface area contributed by atoms with Gasteiger partial charge in [0.15, 0.2) is 0 Å². The molecule has 1 fully saturated rings. The van der Waals surface area contributed by atoms with Crippen LogP contribution in [0.15, 0.2) is 54.9 Å². The maximum atomic E-state index is 12.9. The van der Waals surface area contributed by atoms with Crippen LogP contribution in [0.1, 0.15) is 9.67 Å². The van der Waals surface area contributed by atoms with E-state index in [2.05, 4.69) is 30.7 Å². The number of nitrogens with one attached hydrogen (secondary N) is 3. The number of benzene rings is 1. The first-order valence-corrected chi connectivity index (χ1v) is 10.4. The van der Waals surface area contributed by atoms with E-state index < -0.39 is 0 Å². The second-order valence-corrected chi connectivity index (χ2v) is 7.95. The van der Waals surface area contributed by atoms with Crippen LogP contribution < -0.4 is 15.5 Å². The quantitative estimate of drug-likeness (QED) is 0.486. The van der Waals surface area contributed by atoms with Crippen LogP contribution in [-0.2, 0) is 0 Å². The Labute approximate surface area is 171 Å². The number of rotatable bonds is 4. The number of para-hydroxylation sites is 1. The number of carbonyl (C=O) groups is 1. The Morgan fingerprint density at radius 2 is 1.97 bits per heavy atom. The average Bonchev–Trinajstić information content (AvgIpc) is 3.42. The summed E-state index contributed by atoms with van der Waals surface area (Å²) in [5, 5.41) is 14.9. The minimum absolute atomic E-state index is 0.134. The molecule has 8 heteroatoms. The topological polar surface area (TPSA) is 85.9 Å². The molecule has 1 aliphatic heterocycles. The van der Waals surface area contributed by atoms with Crippen LogP contribution in [0.3, 0.4) is 0 Å². The lowest BCUT2D eigenvalue weighted by atomic mass is 10.2. The standard InChI is InChI=1S/C21H20N6OS/c28-21(24-16-13-23-8-7-17(16)27-11-9-22-10-12-27)19-6-5-18(29-19)20-14-3-1-2-4-15(14)25-26-20/h1-8,13,22H,9-12H2,(H,24,28)(H,25,26). The van der Waals surface area contributed by atoms with E-state index in [0.717, 1.165) is 59.0 Å².